The second-order valence-electron chi connectivity index (χ2n) is 6.60. The Labute approximate surface area is 165 Å². The number of nitrogens with one attached hydrogen (secondary N) is 1. The highest BCUT2D eigenvalue weighted by molar-refractivity contribution is 5.94. The first-order chi connectivity index (χ1) is 13.5. The molecule has 1 unspecified atom stereocenters. The van der Waals surface area contributed by atoms with Gasteiger partial charge in [0.15, 0.2) is 0 Å². The first-order valence-electron chi connectivity index (χ1n) is 8.70. The number of aryl methyl sites for hydroxylation is 1. The van der Waals surface area contributed by atoms with Crippen LogP contribution in [0.5, 0.6) is 5.75 Å². The molecular weight excluding hydrogens is 392 g/mol. The summed E-state index contributed by atoms with van der Waals surface area (Å²) in [5, 5.41) is 2.75. The third-order valence-electron chi connectivity index (χ3n) is 3.93. The van der Waals surface area contributed by atoms with Gasteiger partial charge in [-0.2, -0.15) is 17.6 Å². The van der Waals surface area contributed by atoms with E-state index in [1.807, 2.05) is 0 Å². The molecule has 0 radical (unpaired) electrons. The fraction of sp³-hybridized carbons (Fsp3) is 0.350. The summed E-state index contributed by atoms with van der Waals surface area (Å²) in [5.74, 6) is -1.02. The molecule has 156 valence electrons. The quantitative estimate of drug-likeness (QED) is 0.659. The molecule has 2 rings (SSSR count). The van der Waals surface area contributed by atoms with Crippen LogP contribution >= 0.6 is 0 Å². The number of benzene rings is 1. The Hall–Kier alpha value is -2.97. The van der Waals surface area contributed by atoms with E-state index >= 15 is 0 Å². The van der Waals surface area contributed by atoms with Gasteiger partial charge in [0.1, 0.15) is 11.5 Å². The molecule has 0 bridgehead atoms. The van der Waals surface area contributed by atoms with Crippen LogP contribution in [0.25, 0.3) is 0 Å². The maximum atomic E-state index is 12.9. The van der Waals surface area contributed by atoms with E-state index in [2.05, 4.69) is 15.0 Å². The largest absolute Gasteiger partial charge is 0.461 e. The summed E-state index contributed by atoms with van der Waals surface area (Å²) in [6.07, 6.45) is -8.40. The topological polar surface area (TPSA) is 68.3 Å². The lowest BCUT2D eigenvalue weighted by atomic mass is 10.0. The number of hydrogen-bond acceptors (Lipinski definition) is 4. The van der Waals surface area contributed by atoms with Crippen molar-refractivity contribution < 1.29 is 31.9 Å². The molecule has 0 fully saturated rings. The van der Waals surface area contributed by atoms with Crippen molar-refractivity contribution >= 4 is 11.7 Å². The maximum Gasteiger partial charge on any atom is 0.461 e. The van der Waals surface area contributed by atoms with Gasteiger partial charge in [-0.25, -0.2) is 0 Å². The van der Waals surface area contributed by atoms with Crippen molar-refractivity contribution in [2.45, 2.75) is 45.8 Å². The number of ether oxygens (including phenoxy) is 1. The van der Waals surface area contributed by atoms with Gasteiger partial charge >= 0.3 is 12.5 Å². The fourth-order valence-electron chi connectivity index (χ4n) is 2.60. The van der Waals surface area contributed by atoms with Gasteiger partial charge in [0, 0.05) is 23.4 Å². The normalized spacial score (nSPS) is 12.6. The number of nitrogens with zero attached hydrogens (tertiary/aromatic N) is 1. The number of carbonyl (C=O) groups excluding carboxylic acids is 2. The average molecular weight is 412 g/mol. The molecule has 1 amide bonds. The molecule has 1 aromatic carbocycles. The SMILES string of the molecule is CC(=O)Cc1cc(C(C)NC(=O)c2ccc(OC(F)(F)C(F)F)cc2)cc(C)n1. The standard InChI is InChI=1S/C20H20F4N2O3/c1-11-8-15(10-16(25-11)9-12(2)27)13(3)26-18(28)14-4-6-17(7-5-14)29-20(23,24)19(21)22/h4-8,10,13,19H,9H2,1-3H3,(H,26,28). The average Bonchev–Trinajstić information content (AvgIpc) is 2.60. The molecular formula is C20H20F4N2O3. The lowest BCUT2D eigenvalue weighted by molar-refractivity contribution is -0.253. The van der Waals surface area contributed by atoms with Crippen LogP contribution in [-0.4, -0.2) is 29.2 Å². The molecule has 0 saturated carbocycles. The molecule has 1 aromatic heterocycles. The van der Waals surface area contributed by atoms with E-state index in [0.717, 1.165) is 17.7 Å². The van der Waals surface area contributed by atoms with Crippen LogP contribution in [0.1, 0.15) is 47.2 Å². The summed E-state index contributed by atoms with van der Waals surface area (Å²) < 4.78 is 54.1. The molecule has 1 N–H and O–H groups in total. The molecule has 0 saturated heterocycles. The highest BCUT2D eigenvalue weighted by Gasteiger charge is 2.43. The van der Waals surface area contributed by atoms with Gasteiger partial charge in [0.2, 0.25) is 0 Å². The van der Waals surface area contributed by atoms with Crippen LogP contribution in [0.2, 0.25) is 0 Å². The molecule has 0 spiro atoms. The zero-order valence-corrected chi connectivity index (χ0v) is 16.0. The van der Waals surface area contributed by atoms with Crippen molar-refractivity contribution in [3.05, 3.63) is 58.9 Å². The Morgan fingerprint density at radius 1 is 1.17 bits per heavy atom. The minimum atomic E-state index is -4.62. The number of aromatic nitrogens is 1. The zero-order chi connectivity index (χ0) is 21.8. The first-order valence-corrected chi connectivity index (χ1v) is 8.70. The number of carbonyl (C=O) groups is 2. The summed E-state index contributed by atoms with van der Waals surface area (Å²) in [7, 11) is 0. The Morgan fingerprint density at radius 3 is 2.34 bits per heavy atom. The number of halogens is 4. The summed E-state index contributed by atoms with van der Waals surface area (Å²) in [4.78, 5) is 28.0. The Kier molecular flexibility index (Phi) is 6.94. The highest BCUT2D eigenvalue weighted by Crippen LogP contribution is 2.27. The molecule has 29 heavy (non-hydrogen) atoms. The molecule has 0 aliphatic heterocycles. The smallest absolute Gasteiger partial charge is 0.428 e. The minimum Gasteiger partial charge on any atom is -0.428 e. The summed E-state index contributed by atoms with van der Waals surface area (Å²) in [6, 6.07) is 7.49. The zero-order valence-electron chi connectivity index (χ0n) is 16.0. The molecule has 1 heterocycles. The Morgan fingerprint density at radius 2 is 1.79 bits per heavy atom. The van der Waals surface area contributed by atoms with Crippen molar-refractivity contribution in [1.29, 1.82) is 0 Å². The number of alkyl halides is 4. The van der Waals surface area contributed by atoms with Crippen molar-refractivity contribution in [3.8, 4) is 5.75 Å². The maximum absolute atomic E-state index is 12.9. The summed E-state index contributed by atoms with van der Waals surface area (Å²) in [6.45, 7) is 4.97. The lowest BCUT2D eigenvalue weighted by Crippen LogP contribution is -2.33. The number of pyridine rings is 1. The van der Waals surface area contributed by atoms with Gasteiger partial charge in [-0.15, -0.1) is 0 Å². The van der Waals surface area contributed by atoms with Crippen molar-refractivity contribution in [2.24, 2.45) is 0 Å². The summed E-state index contributed by atoms with van der Waals surface area (Å²) in [5.41, 5.74) is 2.18. The van der Waals surface area contributed by atoms with Crippen LogP contribution in [0.15, 0.2) is 36.4 Å². The number of amides is 1. The number of Topliss-reactive ketones (excluding diaryl/α,β-unsaturated/α-hetero) is 1. The predicted molar refractivity (Wildman–Crippen MR) is 97.3 cm³/mol. The van der Waals surface area contributed by atoms with E-state index in [-0.39, 0.29) is 17.8 Å². The minimum absolute atomic E-state index is 0.0366. The van der Waals surface area contributed by atoms with Gasteiger partial charge < -0.3 is 10.1 Å². The van der Waals surface area contributed by atoms with Gasteiger partial charge in [-0.1, -0.05) is 0 Å². The fourth-order valence-corrected chi connectivity index (χ4v) is 2.60. The van der Waals surface area contributed by atoms with Gasteiger partial charge in [0.25, 0.3) is 5.91 Å². The van der Waals surface area contributed by atoms with Crippen LogP contribution in [0, 0.1) is 6.92 Å². The molecule has 9 heteroatoms. The van der Waals surface area contributed by atoms with Gasteiger partial charge in [-0.05, 0) is 62.7 Å². The third kappa shape index (κ3) is 6.27. The number of ketones is 1. The van der Waals surface area contributed by atoms with Crippen molar-refractivity contribution in [3.63, 3.8) is 0 Å². The second kappa shape index (κ2) is 9.02. The molecule has 2 aromatic rings. The predicted octanol–water partition coefficient (Wildman–Crippen LogP) is 4.25. The third-order valence-corrected chi connectivity index (χ3v) is 3.93. The number of rotatable bonds is 8. The molecule has 1 atom stereocenters. The van der Waals surface area contributed by atoms with E-state index in [4.69, 9.17) is 0 Å². The van der Waals surface area contributed by atoms with Crippen LogP contribution < -0.4 is 10.1 Å². The van der Waals surface area contributed by atoms with Gasteiger partial charge in [0.05, 0.1) is 6.04 Å². The van der Waals surface area contributed by atoms with E-state index in [0.29, 0.717) is 11.4 Å². The van der Waals surface area contributed by atoms with E-state index in [1.165, 1.54) is 19.1 Å². The Bertz CT molecular complexity index is 886. The first kappa shape index (κ1) is 22.3. The van der Waals surface area contributed by atoms with Crippen LogP contribution in [0.3, 0.4) is 0 Å². The lowest BCUT2D eigenvalue weighted by Gasteiger charge is -2.18. The van der Waals surface area contributed by atoms with Crippen LogP contribution in [0.4, 0.5) is 17.6 Å². The van der Waals surface area contributed by atoms with E-state index < -0.39 is 30.2 Å². The van der Waals surface area contributed by atoms with Crippen molar-refractivity contribution in [1.82, 2.24) is 10.3 Å². The van der Waals surface area contributed by atoms with Crippen molar-refractivity contribution in [2.75, 3.05) is 0 Å². The molecule has 0 aliphatic carbocycles. The second-order valence-corrected chi connectivity index (χ2v) is 6.60. The monoisotopic (exact) mass is 412 g/mol. The van der Waals surface area contributed by atoms with E-state index in [9.17, 15) is 27.2 Å². The summed E-state index contributed by atoms with van der Waals surface area (Å²) >= 11 is 0. The van der Waals surface area contributed by atoms with Gasteiger partial charge in [-0.3, -0.25) is 14.6 Å². The molecule has 0 aliphatic rings. The highest BCUT2D eigenvalue weighted by atomic mass is 19.3. The van der Waals surface area contributed by atoms with E-state index in [1.54, 1.807) is 26.0 Å². The number of hydrogen-bond donors (Lipinski definition) is 1. The molecule has 5 nitrogen and oxygen atoms in total. The Balaban J connectivity index is 2.08. The van der Waals surface area contributed by atoms with Crippen LogP contribution in [-0.2, 0) is 11.2 Å².